The van der Waals surface area contributed by atoms with Crippen molar-refractivity contribution >= 4 is 18.4 Å². The largest absolute Gasteiger partial charge is 0.369 e. The topological polar surface area (TPSA) is 74.5 Å². The zero-order chi connectivity index (χ0) is 16.6. The number of hydrogen-bond acceptors (Lipinski definition) is 4. The number of hydrogen-bond donors (Lipinski definition) is 1. The number of anilines is 1. The SMILES string of the molecule is CC(F)(F)c1cc(-n2cc(Cn3ccnc3N)nn2)ccc1F.Cl. The Hall–Kier alpha value is -2.55. The molecule has 0 fully saturated rings. The zero-order valence-electron chi connectivity index (χ0n) is 12.5. The average molecular weight is 359 g/mol. The number of imidazole rings is 1. The Balaban J connectivity index is 0.00000208. The molecule has 0 saturated heterocycles. The van der Waals surface area contributed by atoms with Crippen LogP contribution in [-0.2, 0) is 12.5 Å². The van der Waals surface area contributed by atoms with Crippen LogP contribution in [0.25, 0.3) is 5.69 Å². The number of nitrogens with zero attached hydrogens (tertiary/aromatic N) is 5. The summed E-state index contributed by atoms with van der Waals surface area (Å²) in [5, 5.41) is 7.82. The van der Waals surface area contributed by atoms with E-state index in [4.69, 9.17) is 5.73 Å². The van der Waals surface area contributed by atoms with Crippen molar-refractivity contribution in [1.29, 1.82) is 0 Å². The molecule has 1 aromatic carbocycles. The lowest BCUT2D eigenvalue weighted by atomic mass is 10.1. The minimum absolute atomic E-state index is 0. The van der Waals surface area contributed by atoms with E-state index < -0.39 is 17.3 Å². The molecule has 2 heterocycles. The average Bonchev–Trinajstić information content (AvgIpc) is 3.09. The van der Waals surface area contributed by atoms with Crippen LogP contribution in [-0.4, -0.2) is 24.5 Å². The van der Waals surface area contributed by atoms with Crippen LogP contribution >= 0.6 is 12.4 Å². The highest BCUT2D eigenvalue weighted by Gasteiger charge is 2.28. The van der Waals surface area contributed by atoms with E-state index in [0.717, 1.165) is 12.1 Å². The van der Waals surface area contributed by atoms with E-state index in [9.17, 15) is 13.2 Å². The van der Waals surface area contributed by atoms with Gasteiger partial charge < -0.3 is 10.3 Å². The zero-order valence-corrected chi connectivity index (χ0v) is 13.3. The molecule has 128 valence electrons. The number of alkyl halides is 2. The van der Waals surface area contributed by atoms with Gasteiger partial charge in [0.15, 0.2) is 5.95 Å². The van der Waals surface area contributed by atoms with Crippen LogP contribution in [0.2, 0.25) is 0 Å². The minimum Gasteiger partial charge on any atom is -0.369 e. The second-order valence-corrected chi connectivity index (χ2v) is 5.12. The Kier molecular flexibility index (Phi) is 4.83. The third-order valence-electron chi connectivity index (χ3n) is 3.31. The Bertz CT molecular complexity index is 839. The molecule has 0 aliphatic carbocycles. The number of halogens is 4. The molecular formula is C14H14ClF3N6. The van der Waals surface area contributed by atoms with Crippen LogP contribution in [0.5, 0.6) is 0 Å². The maximum absolute atomic E-state index is 13.5. The normalized spacial score (nSPS) is 11.3. The Morgan fingerprint density at radius 1 is 1.29 bits per heavy atom. The van der Waals surface area contributed by atoms with Crippen molar-refractivity contribution in [3.05, 3.63) is 53.9 Å². The summed E-state index contributed by atoms with van der Waals surface area (Å²) in [5.41, 5.74) is 5.82. The van der Waals surface area contributed by atoms with Gasteiger partial charge in [-0.15, -0.1) is 17.5 Å². The fourth-order valence-electron chi connectivity index (χ4n) is 2.14. The van der Waals surface area contributed by atoms with E-state index in [-0.39, 0.29) is 12.4 Å². The third-order valence-corrected chi connectivity index (χ3v) is 3.31. The molecule has 2 aromatic heterocycles. The van der Waals surface area contributed by atoms with Gasteiger partial charge in [-0.3, -0.25) is 0 Å². The Morgan fingerprint density at radius 3 is 2.67 bits per heavy atom. The van der Waals surface area contributed by atoms with E-state index in [1.165, 1.54) is 10.7 Å². The van der Waals surface area contributed by atoms with Gasteiger partial charge in [0.25, 0.3) is 5.92 Å². The summed E-state index contributed by atoms with van der Waals surface area (Å²) >= 11 is 0. The molecule has 0 saturated carbocycles. The molecule has 24 heavy (non-hydrogen) atoms. The van der Waals surface area contributed by atoms with E-state index in [2.05, 4.69) is 15.3 Å². The predicted octanol–water partition coefficient (Wildman–Crippen LogP) is 2.77. The smallest absolute Gasteiger partial charge is 0.273 e. The summed E-state index contributed by atoms with van der Waals surface area (Å²) in [6, 6.07) is 3.39. The maximum Gasteiger partial charge on any atom is 0.273 e. The van der Waals surface area contributed by atoms with Crippen LogP contribution < -0.4 is 5.73 Å². The summed E-state index contributed by atoms with van der Waals surface area (Å²) in [6.07, 6.45) is 4.79. The molecule has 3 aromatic rings. The van der Waals surface area contributed by atoms with Crippen LogP contribution in [0, 0.1) is 5.82 Å². The summed E-state index contributed by atoms with van der Waals surface area (Å²) in [4.78, 5) is 3.89. The minimum atomic E-state index is -3.28. The highest BCUT2D eigenvalue weighted by Crippen LogP contribution is 2.30. The van der Waals surface area contributed by atoms with Crippen molar-refractivity contribution in [2.24, 2.45) is 0 Å². The number of nitrogens with two attached hydrogens (primary N) is 1. The van der Waals surface area contributed by atoms with Gasteiger partial charge in [0.2, 0.25) is 0 Å². The number of benzene rings is 1. The first-order chi connectivity index (χ1) is 10.8. The van der Waals surface area contributed by atoms with E-state index in [1.54, 1.807) is 23.2 Å². The molecule has 0 atom stereocenters. The molecule has 3 rings (SSSR count). The third kappa shape index (κ3) is 3.51. The van der Waals surface area contributed by atoms with Crippen LogP contribution in [0.3, 0.4) is 0 Å². The number of aromatic nitrogens is 5. The maximum atomic E-state index is 13.5. The van der Waals surface area contributed by atoms with Gasteiger partial charge in [0, 0.05) is 19.3 Å². The van der Waals surface area contributed by atoms with Crippen molar-refractivity contribution in [3.63, 3.8) is 0 Å². The summed E-state index contributed by atoms with van der Waals surface area (Å²) in [5.74, 6) is -3.92. The molecule has 6 nitrogen and oxygen atoms in total. The van der Waals surface area contributed by atoms with Gasteiger partial charge in [-0.05, 0) is 18.2 Å². The van der Waals surface area contributed by atoms with Gasteiger partial charge in [-0.2, -0.15) is 0 Å². The van der Waals surface area contributed by atoms with Crippen LogP contribution in [0.1, 0.15) is 18.2 Å². The lowest BCUT2D eigenvalue weighted by Gasteiger charge is -2.12. The van der Waals surface area contributed by atoms with Gasteiger partial charge >= 0.3 is 0 Å². The number of nitrogen functional groups attached to an aromatic ring is 1. The summed E-state index contributed by atoms with van der Waals surface area (Å²) in [6.45, 7) is 0.980. The summed E-state index contributed by atoms with van der Waals surface area (Å²) in [7, 11) is 0. The molecule has 0 aliphatic heterocycles. The van der Waals surface area contributed by atoms with Gasteiger partial charge in [-0.25, -0.2) is 22.8 Å². The van der Waals surface area contributed by atoms with Gasteiger partial charge in [-0.1, -0.05) is 5.21 Å². The molecule has 0 radical (unpaired) electrons. The van der Waals surface area contributed by atoms with E-state index >= 15 is 0 Å². The molecule has 0 unspecified atom stereocenters. The second kappa shape index (κ2) is 6.52. The molecule has 0 spiro atoms. The first-order valence-electron chi connectivity index (χ1n) is 6.70. The van der Waals surface area contributed by atoms with E-state index in [0.29, 0.717) is 30.8 Å². The second-order valence-electron chi connectivity index (χ2n) is 5.12. The predicted molar refractivity (Wildman–Crippen MR) is 83.9 cm³/mol. The number of rotatable bonds is 4. The van der Waals surface area contributed by atoms with Crippen molar-refractivity contribution in [1.82, 2.24) is 24.5 Å². The lowest BCUT2D eigenvalue weighted by Crippen LogP contribution is -2.11. The monoisotopic (exact) mass is 358 g/mol. The summed E-state index contributed by atoms with van der Waals surface area (Å²) < 4.78 is 43.3. The highest BCUT2D eigenvalue weighted by atomic mass is 35.5. The molecule has 0 amide bonds. The Morgan fingerprint density at radius 2 is 2.04 bits per heavy atom. The molecule has 10 heteroatoms. The van der Waals surface area contributed by atoms with Crippen LogP contribution in [0.4, 0.5) is 19.1 Å². The molecule has 0 bridgehead atoms. The standard InChI is InChI=1S/C14H13F3N6.ClH/c1-14(16,17)11-6-10(2-3-12(11)15)23-8-9(20-21-23)7-22-5-4-19-13(22)18;/h2-6,8H,7H2,1H3,(H2,18,19);1H. The van der Waals surface area contributed by atoms with E-state index in [1.807, 2.05) is 0 Å². The molecule has 0 aliphatic rings. The van der Waals surface area contributed by atoms with Crippen molar-refractivity contribution in [2.75, 3.05) is 5.73 Å². The first-order valence-corrected chi connectivity index (χ1v) is 6.70. The quantitative estimate of drug-likeness (QED) is 0.778. The van der Waals surface area contributed by atoms with Gasteiger partial charge in [0.05, 0.1) is 24.0 Å². The first kappa shape index (κ1) is 17.8. The Labute approximate surface area is 141 Å². The van der Waals surface area contributed by atoms with Gasteiger partial charge in [0.1, 0.15) is 11.5 Å². The van der Waals surface area contributed by atoms with Crippen molar-refractivity contribution in [3.8, 4) is 5.69 Å². The fourth-order valence-corrected chi connectivity index (χ4v) is 2.14. The molecular weight excluding hydrogens is 345 g/mol. The van der Waals surface area contributed by atoms with Crippen molar-refractivity contribution in [2.45, 2.75) is 19.4 Å². The fraction of sp³-hybridized carbons (Fsp3) is 0.214. The molecule has 2 N–H and O–H groups in total. The van der Waals surface area contributed by atoms with Crippen molar-refractivity contribution < 1.29 is 13.2 Å². The lowest BCUT2D eigenvalue weighted by molar-refractivity contribution is 0.0137. The van der Waals surface area contributed by atoms with Crippen LogP contribution in [0.15, 0.2) is 36.8 Å². The highest BCUT2D eigenvalue weighted by molar-refractivity contribution is 5.85.